The number of esters is 1. The molecule has 0 aromatic heterocycles. The Kier molecular flexibility index (Phi) is 8.22. The normalized spacial score (nSPS) is 12.2. The first-order valence-electron chi connectivity index (χ1n) is 5.64. The predicted octanol–water partition coefficient (Wildman–Crippen LogP) is 4.00. The maximum absolute atomic E-state index is 10.5. The van der Waals surface area contributed by atoms with E-state index in [0.717, 1.165) is 19.3 Å². The van der Waals surface area contributed by atoms with Crippen LogP contribution < -0.4 is 0 Å². The van der Waals surface area contributed by atoms with Gasteiger partial charge in [-0.15, -0.1) is 6.58 Å². The van der Waals surface area contributed by atoms with E-state index >= 15 is 0 Å². The van der Waals surface area contributed by atoms with Crippen molar-refractivity contribution in [2.75, 3.05) is 0 Å². The number of carbonyl (C=O) groups excluding carboxylic acids is 1. The maximum Gasteiger partial charge on any atom is 0.307 e. The lowest BCUT2D eigenvalue weighted by atomic mass is 9.99. The molecule has 0 aromatic carbocycles. The summed E-state index contributed by atoms with van der Waals surface area (Å²) in [5.41, 5.74) is 1.35. The molecule has 0 heterocycles. The van der Waals surface area contributed by atoms with Crippen LogP contribution in [-0.4, -0.2) is 5.97 Å². The molecule has 0 fully saturated rings. The zero-order valence-electron chi connectivity index (χ0n) is 10.5. The summed E-state index contributed by atoms with van der Waals surface area (Å²) in [5, 5.41) is 0. The van der Waals surface area contributed by atoms with E-state index in [0.29, 0.717) is 5.92 Å². The second kappa shape index (κ2) is 8.96. The van der Waals surface area contributed by atoms with Gasteiger partial charge >= 0.3 is 5.97 Å². The maximum atomic E-state index is 10.5. The molecule has 0 aliphatic heterocycles. The zero-order chi connectivity index (χ0) is 12.4. The summed E-state index contributed by atoms with van der Waals surface area (Å²) >= 11 is 0. The summed E-state index contributed by atoms with van der Waals surface area (Å²) in [7, 11) is 0. The summed E-state index contributed by atoms with van der Waals surface area (Å²) < 4.78 is 4.71. The van der Waals surface area contributed by atoms with Crippen LogP contribution in [-0.2, 0) is 9.53 Å². The van der Waals surface area contributed by atoms with Crippen LogP contribution in [0.1, 0.15) is 40.0 Å². The molecular weight excluding hydrogens is 200 g/mol. The van der Waals surface area contributed by atoms with Gasteiger partial charge in [-0.3, -0.25) is 4.79 Å². The quantitative estimate of drug-likeness (QED) is 0.370. The summed E-state index contributed by atoms with van der Waals surface area (Å²) in [6.07, 6.45) is 10.5. The molecule has 0 aromatic rings. The second-order valence-electron chi connectivity index (χ2n) is 4.07. The summed E-state index contributed by atoms with van der Waals surface area (Å²) in [6.45, 7) is 9.40. The minimum atomic E-state index is -0.282. The van der Waals surface area contributed by atoms with Crippen molar-refractivity contribution in [2.24, 2.45) is 5.92 Å². The third kappa shape index (κ3) is 9.25. The largest absolute Gasteiger partial charge is 0.435 e. The minimum absolute atomic E-state index is 0.282. The van der Waals surface area contributed by atoms with Crippen molar-refractivity contribution in [3.8, 4) is 0 Å². The molecule has 0 spiro atoms. The Balaban J connectivity index is 3.83. The third-order valence-corrected chi connectivity index (χ3v) is 2.19. The highest BCUT2D eigenvalue weighted by molar-refractivity contribution is 5.66. The van der Waals surface area contributed by atoms with Crippen LogP contribution in [0.3, 0.4) is 0 Å². The molecule has 0 rings (SSSR count). The molecule has 0 bridgehead atoms. The SMILES string of the molecule is C=CC(CC=COC(C)=O)CCC=C(C)C. The average molecular weight is 222 g/mol. The molecule has 0 radical (unpaired) electrons. The number of hydrogen-bond acceptors (Lipinski definition) is 2. The van der Waals surface area contributed by atoms with Crippen LogP contribution >= 0.6 is 0 Å². The van der Waals surface area contributed by atoms with Gasteiger partial charge in [0.25, 0.3) is 0 Å². The van der Waals surface area contributed by atoms with Crippen LogP contribution in [0.25, 0.3) is 0 Å². The predicted molar refractivity (Wildman–Crippen MR) is 67.9 cm³/mol. The van der Waals surface area contributed by atoms with E-state index in [1.54, 1.807) is 0 Å². The van der Waals surface area contributed by atoms with E-state index in [-0.39, 0.29) is 5.97 Å². The molecule has 0 saturated heterocycles. The van der Waals surface area contributed by atoms with Gasteiger partial charge in [0, 0.05) is 6.92 Å². The van der Waals surface area contributed by atoms with E-state index in [4.69, 9.17) is 4.74 Å². The van der Waals surface area contributed by atoms with Gasteiger partial charge in [0.05, 0.1) is 6.26 Å². The molecule has 0 aliphatic rings. The minimum Gasteiger partial charge on any atom is -0.435 e. The second-order valence-corrected chi connectivity index (χ2v) is 4.07. The van der Waals surface area contributed by atoms with Crippen molar-refractivity contribution in [1.29, 1.82) is 0 Å². The molecule has 1 atom stereocenters. The van der Waals surface area contributed by atoms with Gasteiger partial charge in [-0.25, -0.2) is 0 Å². The van der Waals surface area contributed by atoms with Crippen LogP contribution in [0.2, 0.25) is 0 Å². The standard InChI is InChI=1S/C14H22O2/c1-5-14(9-6-8-12(2)3)10-7-11-16-13(4)15/h5,7-8,11,14H,1,6,9-10H2,2-4H3. The lowest BCUT2D eigenvalue weighted by Gasteiger charge is -2.07. The first-order valence-corrected chi connectivity index (χ1v) is 5.64. The Bertz CT molecular complexity index is 270. The molecule has 1 unspecified atom stereocenters. The van der Waals surface area contributed by atoms with Gasteiger partial charge in [0.2, 0.25) is 0 Å². The lowest BCUT2D eigenvalue weighted by Crippen LogP contribution is -1.95. The molecule has 90 valence electrons. The molecule has 0 amide bonds. The Hall–Kier alpha value is -1.31. The highest BCUT2D eigenvalue weighted by atomic mass is 16.5. The topological polar surface area (TPSA) is 26.3 Å². The Morgan fingerprint density at radius 3 is 2.56 bits per heavy atom. The van der Waals surface area contributed by atoms with Crippen molar-refractivity contribution >= 4 is 5.97 Å². The zero-order valence-corrected chi connectivity index (χ0v) is 10.5. The Morgan fingerprint density at radius 2 is 2.06 bits per heavy atom. The number of hydrogen-bond donors (Lipinski definition) is 0. The molecule has 2 nitrogen and oxygen atoms in total. The van der Waals surface area contributed by atoms with E-state index in [1.807, 2.05) is 12.2 Å². The van der Waals surface area contributed by atoms with E-state index < -0.39 is 0 Å². The van der Waals surface area contributed by atoms with E-state index in [2.05, 4.69) is 26.5 Å². The molecular formula is C14H22O2. The smallest absolute Gasteiger partial charge is 0.307 e. The van der Waals surface area contributed by atoms with Gasteiger partial charge in [0.15, 0.2) is 0 Å². The van der Waals surface area contributed by atoms with Crippen molar-refractivity contribution in [3.05, 3.63) is 36.6 Å². The molecule has 0 saturated carbocycles. The van der Waals surface area contributed by atoms with Gasteiger partial charge in [0.1, 0.15) is 0 Å². The fourth-order valence-electron chi connectivity index (χ4n) is 1.29. The Morgan fingerprint density at radius 1 is 1.38 bits per heavy atom. The lowest BCUT2D eigenvalue weighted by molar-refractivity contribution is -0.135. The summed E-state index contributed by atoms with van der Waals surface area (Å²) in [6, 6.07) is 0. The first kappa shape index (κ1) is 14.7. The van der Waals surface area contributed by atoms with Crippen molar-refractivity contribution in [1.82, 2.24) is 0 Å². The van der Waals surface area contributed by atoms with Crippen molar-refractivity contribution < 1.29 is 9.53 Å². The van der Waals surface area contributed by atoms with Gasteiger partial charge in [-0.05, 0) is 45.1 Å². The molecule has 0 aliphatic carbocycles. The van der Waals surface area contributed by atoms with Crippen LogP contribution in [0.15, 0.2) is 36.6 Å². The number of rotatable bonds is 7. The average Bonchev–Trinajstić information content (AvgIpc) is 2.20. The number of ether oxygens (including phenoxy) is 1. The monoisotopic (exact) mass is 222 g/mol. The van der Waals surface area contributed by atoms with Gasteiger partial charge in [-0.1, -0.05) is 17.7 Å². The molecule has 0 N–H and O–H groups in total. The fraction of sp³-hybridized carbons (Fsp3) is 0.500. The number of allylic oxidation sites excluding steroid dienone is 4. The third-order valence-electron chi connectivity index (χ3n) is 2.19. The molecule has 16 heavy (non-hydrogen) atoms. The van der Waals surface area contributed by atoms with E-state index in [1.165, 1.54) is 18.8 Å². The number of carbonyl (C=O) groups is 1. The van der Waals surface area contributed by atoms with Gasteiger partial charge in [-0.2, -0.15) is 0 Å². The van der Waals surface area contributed by atoms with Crippen molar-refractivity contribution in [3.63, 3.8) is 0 Å². The van der Waals surface area contributed by atoms with Gasteiger partial charge < -0.3 is 4.74 Å². The first-order chi connectivity index (χ1) is 7.56. The van der Waals surface area contributed by atoms with Crippen LogP contribution in [0.5, 0.6) is 0 Å². The van der Waals surface area contributed by atoms with Crippen LogP contribution in [0.4, 0.5) is 0 Å². The highest BCUT2D eigenvalue weighted by Gasteiger charge is 2.00. The Labute approximate surface area is 98.7 Å². The fourth-order valence-corrected chi connectivity index (χ4v) is 1.29. The molecule has 2 heteroatoms. The van der Waals surface area contributed by atoms with E-state index in [9.17, 15) is 4.79 Å². The van der Waals surface area contributed by atoms with Crippen molar-refractivity contribution in [2.45, 2.75) is 40.0 Å². The summed E-state index contributed by atoms with van der Waals surface area (Å²) in [4.78, 5) is 10.5. The highest BCUT2D eigenvalue weighted by Crippen LogP contribution is 2.14. The van der Waals surface area contributed by atoms with Crippen LogP contribution in [0, 0.1) is 5.92 Å². The summed E-state index contributed by atoms with van der Waals surface area (Å²) in [5.74, 6) is 0.165.